The molecule has 0 atom stereocenters. The number of amides is 1. The molecule has 0 aliphatic rings. The number of aliphatic hydroxyl groups is 1. The van der Waals surface area contributed by atoms with Gasteiger partial charge in [0.1, 0.15) is 0 Å². The van der Waals surface area contributed by atoms with E-state index in [9.17, 15) is 9.59 Å². The van der Waals surface area contributed by atoms with Crippen LogP contribution < -0.4 is 5.32 Å². The molecule has 2 N–H and O–H groups in total. The van der Waals surface area contributed by atoms with Gasteiger partial charge in [0.25, 0.3) is 0 Å². The highest BCUT2D eigenvalue weighted by atomic mass is 16.3. The zero-order valence-electron chi connectivity index (χ0n) is 8.49. The number of anilines is 1. The highest BCUT2D eigenvalue weighted by molar-refractivity contribution is 6.04. The predicted octanol–water partition coefficient (Wildman–Crippen LogP) is 1.21. The van der Waals surface area contributed by atoms with E-state index in [1.807, 2.05) is 0 Å². The Labute approximate surface area is 87.9 Å². The van der Waals surface area contributed by atoms with Gasteiger partial charge in [-0.2, -0.15) is 0 Å². The molecule has 0 unspecified atom stereocenters. The lowest BCUT2D eigenvalue weighted by Gasteiger charge is -2.07. The number of nitrogens with one attached hydrogen (secondary N) is 1. The molecule has 1 aromatic carbocycles. The minimum atomic E-state index is -0.223. The number of benzene rings is 1. The lowest BCUT2D eigenvalue weighted by molar-refractivity contribution is -0.114. The second kappa shape index (κ2) is 5.26. The summed E-state index contributed by atoms with van der Waals surface area (Å²) in [4.78, 5) is 22.4. The van der Waals surface area contributed by atoms with Gasteiger partial charge in [0.05, 0.1) is 12.3 Å². The first-order valence-electron chi connectivity index (χ1n) is 4.66. The maximum absolute atomic E-state index is 11.5. The van der Waals surface area contributed by atoms with E-state index >= 15 is 0 Å². The van der Waals surface area contributed by atoms with Crippen LogP contribution in [0.1, 0.15) is 23.7 Å². The first kappa shape index (κ1) is 11.4. The molecule has 0 bridgehead atoms. The Kier molecular flexibility index (Phi) is 4.00. The Morgan fingerprint density at radius 3 is 2.60 bits per heavy atom. The fourth-order valence-electron chi connectivity index (χ4n) is 1.26. The summed E-state index contributed by atoms with van der Waals surface area (Å²) < 4.78 is 0. The topological polar surface area (TPSA) is 66.4 Å². The van der Waals surface area contributed by atoms with Crippen molar-refractivity contribution in [2.24, 2.45) is 0 Å². The van der Waals surface area contributed by atoms with Gasteiger partial charge in [-0.1, -0.05) is 12.1 Å². The quantitative estimate of drug-likeness (QED) is 0.729. The molecular weight excluding hydrogens is 194 g/mol. The van der Waals surface area contributed by atoms with Gasteiger partial charge in [-0.05, 0) is 12.1 Å². The van der Waals surface area contributed by atoms with E-state index in [2.05, 4.69) is 5.32 Å². The summed E-state index contributed by atoms with van der Waals surface area (Å²) in [5.41, 5.74) is 0.921. The van der Waals surface area contributed by atoms with Crippen molar-refractivity contribution in [2.45, 2.75) is 13.3 Å². The van der Waals surface area contributed by atoms with Crippen molar-refractivity contribution in [3.8, 4) is 0 Å². The molecule has 1 rings (SSSR count). The van der Waals surface area contributed by atoms with Crippen molar-refractivity contribution >= 4 is 17.4 Å². The molecule has 4 heteroatoms. The van der Waals surface area contributed by atoms with Crippen LogP contribution in [0.5, 0.6) is 0 Å². The van der Waals surface area contributed by atoms with E-state index in [1.165, 1.54) is 6.92 Å². The van der Waals surface area contributed by atoms with Crippen LogP contribution in [-0.4, -0.2) is 23.4 Å². The molecule has 0 radical (unpaired) electrons. The molecule has 0 saturated carbocycles. The molecule has 1 aromatic rings. The minimum absolute atomic E-state index is 0.0661. The first-order chi connectivity index (χ1) is 7.15. The van der Waals surface area contributed by atoms with Gasteiger partial charge < -0.3 is 10.4 Å². The Bertz CT molecular complexity index is 374. The SMILES string of the molecule is CC(=O)Nc1ccccc1C(=O)CCO. The maximum Gasteiger partial charge on any atom is 0.221 e. The number of Topliss-reactive ketones (excluding diaryl/α,β-unsaturated/α-hetero) is 1. The number of aliphatic hydroxyl groups excluding tert-OH is 1. The number of ketones is 1. The standard InChI is InChI=1S/C11H13NO3/c1-8(14)12-10-5-3-2-4-9(10)11(15)6-7-13/h2-5,13H,6-7H2,1H3,(H,12,14). The van der Waals surface area contributed by atoms with Gasteiger partial charge >= 0.3 is 0 Å². The van der Waals surface area contributed by atoms with Crippen LogP contribution in [0.25, 0.3) is 0 Å². The van der Waals surface area contributed by atoms with Crippen molar-refractivity contribution in [3.05, 3.63) is 29.8 Å². The number of carbonyl (C=O) groups excluding carboxylic acids is 2. The highest BCUT2D eigenvalue weighted by Gasteiger charge is 2.10. The average molecular weight is 207 g/mol. The molecule has 0 fully saturated rings. The van der Waals surface area contributed by atoms with Gasteiger partial charge in [-0.25, -0.2) is 0 Å². The van der Waals surface area contributed by atoms with Crippen molar-refractivity contribution < 1.29 is 14.7 Å². The highest BCUT2D eigenvalue weighted by Crippen LogP contribution is 2.16. The summed E-state index contributed by atoms with van der Waals surface area (Å²) in [5.74, 6) is -0.402. The second-order valence-electron chi connectivity index (χ2n) is 3.12. The summed E-state index contributed by atoms with van der Waals surface area (Å²) in [6, 6.07) is 6.74. The molecule has 15 heavy (non-hydrogen) atoms. The van der Waals surface area contributed by atoms with Gasteiger partial charge in [0.15, 0.2) is 5.78 Å². The van der Waals surface area contributed by atoms with Gasteiger partial charge in [-0.15, -0.1) is 0 Å². The number of carbonyl (C=O) groups is 2. The van der Waals surface area contributed by atoms with Crippen LogP contribution in [0.2, 0.25) is 0 Å². The third kappa shape index (κ3) is 3.18. The summed E-state index contributed by atoms with van der Waals surface area (Å²) in [7, 11) is 0. The Hall–Kier alpha value is -1.68. The lowest BCUT2D eigenvalue weighted by atomic mass is 10.1. The fraction of sp³-hybridized carbons (Fsp3) is 0.273. The van der Waals surface area contributed by atoms with E-state index in [1.54, 1.807) is 24.3 Å². The smallest absolute Gasteiger partial charge is 0.221 e. The van der Waals surface area contributed by atoms with E-state index < -0.39 is 0 Å². The monoisotopic (exact) mass is 207 g/mol. The molecule has 4 nitrogen and oxygen atoms in total. The first-order valence-corrected chi connectivity index (χ1v) is 4.66. The van der Waals surface area contributed by atoms with Gasteiger partial charge in [-0.3, -0.25) is 9.59 Å². The normalized spacial score (nSPS) is 9.73. The van der Waals surface area contributed by atoms with Crippen molar-refractivity contribution in [1.82, 2.24) is 0 Å². The van der Waals surface area contributed by atoms with Crippen LogP contribution >= 0.6 is 0 Å². The lowest BCUT2D eigenvalue weighted by Crippen LogP contribution is -2.11. The van der Waals surface area contributed by atoms with Crippen molar-refractivity contribution in [3.63, 3.8) is 0 Å². The molecule has 0 spiro atoms. The summed E-state index contributed by atoms with van der Waals surface area (Å²) in [5, 5.41) is 11.2. The third-order valence-electron chi connectivity index (χ3n) is 1.88. The zero-order valence-corrected chi connectivity index (χ0v) is 8.49. The van der Waals surface area contributed by atoms with E-state index in [4.69, 9.17) is 5.11 Å². The predicted molar refractivity (Wildman–Crippen MR) is 56.8 cm³/mol. The summed E-state index contributed by atoms with van der Waals surface area (Å²) in [6.45, 7) is 1.19. The second-order valence-corrected chi connectivity index (χ2v) is 3.12. The number of hydrogen-bond donors (Lipinski definition) is 2. The third-order valence-corrected chi connectivity index (χ3v) is 1.88. The Balaban J connectivity index is 2.95. The molecule has 1 amide bonds. The maximum atomic E-state index is 11.5. The summed E-state index contributed by atoms with van der Waals surface area (Å²) in [6.07, 6.45) is 0.0661. The van der Waals surface area contributed by atoms with Crippen molar-refractivity contribution in [1.29, 1.82) is 0 Å². The zero-order chi connectivity index (χ0) is 11.3. The van der Waals surface area contributed by atoms with E-state index in [0.717, 1.165) is 0 Å². The molecule has 0 aromatic heterocycles. The van der Waals surface area contributed by atoms with Crippen LogP contribution in [0.3, 0.4) is 0 Å². The molecule has 0 saturated heterocycles. The number of para-hydroxylation sites is 1. The van der Waals surface area contributed by atoms with Crippen LogP contribution in [0.15, 0.2) is 24.3 Å². The number of rotatable bonds is 4. The molecule has 0 heterocycles. The fourth-order valence-corrected chi connectivity index (χ4v) is 1.26. The van der Waals surface area contributed by atoms with Gasteiger partial charge in [0.2, 0.25) is 5.91 Å². The minimum Gasteiger partial charge on any atom is -0.396 e. The number of hydrogen-bond acceptors (Lipinski definition) is 3. The van der Waals surface area contributed by atoms with E-state index in [-0.39, 0.29) is 24.7 Å². The van der Waals surface area contributed by atoms with Crippen LogP contribution in [0, 0.1) is 0 Å². The van der Waals surface area contributed by atoms with E-state index in [0.29, 0.717) is 11.3 Å². The van der Waals surface area contributed by atoms with Crippen LogP contribution in [0.4, 0.5) is 5.69 Å². The van der Waals surface area contributed by atoms with Crippen LogP contribution in [-0.2, 0) is 4.79 Å². The van der Waals surface area contributed by atoms with Gasteiger partial charge in [0, 0.05) is 18.9 Å². The Morgan fingerprint density at radius 2 is 2.00 bits per heavy atom. The molecular formula is C11H13NO3. The molecule has 0 aliphatic carbocycles. The van der Waals surface area contributed by atoms with Crippen molar-refractivity contribution in [2.75, 3.05) is 11.9 Å². The molecule has 0 aliphatic heterocycles. The Morgan fingerprint density at radius 1 is 1.33 bits per heavy atom. The summed E-state index contributed by atoms with van der Waals surface area (Å²) >= 11 is 0. The average Bonchev–Trinajstić information content (AvgIpc) is 2.18. The largest absolute Gasteiger partial charge is 0.396 e. The molecule has 80 valence electrons.